The van der Waals surface area contributed by atoms with Gasteiger partial charge < -0.3 is 10.6 Å². The lowest BCUT2D eigenvalue weighted by atomic mass is 10.2. The van der Waals surface area contributed by atoms with Crippen LogP contribution in [-0.2, 0) is 0 Å². The van der Waals surface area contributed by atoms with Crippen LogP contribution in [0.2, 0.25) is 10.0 Å². The van der Waals surface area contributed by atoms with Crippen LogP contribution in [0.1, 0.15) is 5.56 Å². The zero-order valence-corrected chi connectivity index (χ0v) is 17.1. The van der Waals surface area contributed by atoms with E-state index >= 15 is 0 Å². The largest absolute Gasteiger partial charge is 0.332 e. The average Bonchev–Trinajstić information content (AvgIpc) is 2.62. The summed E-state index contributed by atoms with van der Waals surface area (Å²) in [6.45, 7) is 2.01. The second-order valence-electron chi connectivity index (χ2n) is 5.59. The van der Waals surface area contributed by atoms with Gasteiger partial charge in [-0.2, -0.15) is 0 Å². The standard InChI is InChI=1S/C20H16Cl2N2S2/c1-13-6-7-15(22)12-18(13)24-20(25)23-17-4-2-3-5-19(17)26-16-10-8-14(21)9-11-16/h2-12H,1H3,(H2,23,24,25). The Morgan fingerprint density at radius 1 is 0.846 bits per heavy atom. The zero-order valence-electron chi connectivity index (χ0n) is 13.9. The van der Waals surface area contributed by atoms with Crippen molar-refractivity contribution < 1.29 is 0 Å². The molecule has 0 atom stereocenters. The van der Waals surface area contributed by atoms with E-state index in [1.807, 2.05) is 67.6 Å². The summed E-state index contributed by atoms with van der Waals surface area (Å²) >= 11 is 19.1. The van der Waals surface area contributed by atoms with Crippen molar-refractivity contribution >= 4 is 63.7 Å². The van der Waals surface area contributed by atoms with Crippen LogP contribution < -0.4 is 10.6 Å². The van der Waals surface area contributed by atoms with Crippen molar-refractivity contribution in [3.05, 3.63) is 82.3 Å². The smallest absolute Gasteiger partial charge is 0.175 e. The fourth-order valence-electron chi connectivity index (χ4n) is 2.29. The van der Waals surface area contributed by atoms with Gasteiger partial charge in [0.15, 0.2) is 5.11 Å². The molecule has 0 amide bonds. The maximum absolute atomic E-state index is 6.07. The molecule has 0 aliphatic heterocycles. The third kappa shape index (κ3) is 5.15. The highest BCUT2D eigenvalue weighted by molar-refractivity contribution is 7.99. The fraction of sp³-hybridized carbons (Fsp3) is 0.0500. The monoisotopic (exact) mass is 418 g/mol. The number of hydrogen-bond acceptors (Lipinski definition) is 2. The molecule has 0 radical (unpaired) electrons. The SMILES string of the molecule is Cc1ccc(Cl)cc1NC(=S)Nc1ccccc1Sc1ccc(Cl)cc1. The van der Waals surface area contributed by atoms with Crippen molar-refractivity contribution in [3.8, 4) is 0 Å². The minimum absolute atomic E-state index is 0.513. The summed E-state index contributed by atoms with van der Waals surface area (Å²) in [5.74, 6) is 0. The first-order valence-corrected chi connectivity index (χ1v) is 9.86. The summed E-state index contributed by atoms with van der Waals surface area (Å²) in [6, 6.07) is 21.5. The molecule has 2 N–H and O–H groups in total. The maximum atomic E-state index is 6.07. The van der Waals surface area contributed by atoms with Crippen molar-refractivity contribution in [2.24, 2.45) is 0 Å². The van der Waals surface area contributed by atoms with E-state index in [1.165, 1.54) is 0 Å². The first kappa shape index (κ1) is 19.1. The molecular formula is C20H16Cl2N2S2. The van der Waals surface area contributed by atoms with Crippen LogP contribution in [0.15, 0.2) is 76.5 Å². The Labute approximate surface area is 172 Å². The number of benzene rings is 3. The predicted molar refractivity (Wildman–Crippen MR) is 118 cm³/mol. The first-order valence-electron chi connectivity index (χ1n) is 7.88. The Hall–Kier alpha value is -1.72. The van der Waals surface area contributed by atoms with Crippen molar-refractivity contribution in [3.63, 3.8) is 0 Å². The van der Waals surface area contributed by atoms with Gasteiger partial charge in [-0.1, -0.05) is 53.2 Å². The summed E-state index contributed by atoms with van der Waals surface area (Å²) in [5, 5.41) is 8.38. The number of thiocarbonyl (C=S) groups is 1. The van der Waals surface area contributed by atoms with Gasteiger partial charge in [0.25, 0.3) is 0 Å². The third-order valence-electron chi connectivity index (χ3n) is 3.62. The van der Waals surface area contributed by atoms with E-state index < -0.39 is 0 Å². The summed E-state index contributed by atoms with van der Waals surface area (Å²) in [5.41, 5.74) is 2.89. The van der Waals surface area contributed by atoms with E-state index in [4.69, 9.17) is 35.4 Å². The summed E-state index contributed by atoms with van der Waals surface area (Å²) in [7, 11) is 0. The molecule has 3 rings (SSSR count). The van der Waals surface area contributed by atoms with Crippen LogP contribution in [0.4, 0.5) is 11.4 Å². The summed E-state index contributed by atoms with van der Waals surface area (Å²) < 4.78 is 0. The van der Waals surface area contributed by atoms with E-state index in [2.05, 4.69) is 16.7 Å². The van der Waals surface area contributed by atoms with Gasteiger partial charge in [-0.3, -0.25) is 0 Å². The molecule has 0 unspecified atom stereocenters. The average molecular weight is 419 g/mol. The normalized spacial score (nSPS) is 10.4. The third-order valence-corrected chi connectivity index (χ3v) is 5.40. The number of halogens is 2. The Morgan fingerprint density at radius 3 is 2.27 bits per heavy atom. The van der Waals surface area contributed by atoms with E-state index in [9.17, 15) is 0 Å². The van der Waals surface area contributed by atoms with Crippen molar-refractivity contribution in [2.75, 3.05) is 10.6 Å². The molecule has 2 nitrogen and oxygen atoms in total. The number of hydrogen-bond donors (Lipinski definition) is 2. The molecule has 0 aliphatic rings. The van der Waals surface area contributed by atoms with Crippen LogP contribution >= 0.6 is 47.2 Å². The number of anilines is 2. The van der Waals surface area contributed by atoms with E-state index in [-0.39, 0.29) is 0 Å². The molecule has 132 valence electrons. The van der Waals surface area contributed by atoms with E-state index in [1.54, 1.807) is 11.8 Å². The number of para-hydroxylation sites is 1. The van der Waals surface area contributed by atoms with Gasteiger partial charge in [-0.15, -0.1) is 0 Å². The molecule has 0 bridgehead atoms. The summed E-state index contributed by atoms with van der Waals surface area (Å²) in [4.78, 5) is 2.18. The number of nitrogens with one attached hydrogen (secondary N) is 2. The molecule has 0 aliphatic carbocycles. The molecule has 3 aromatic carbocycles. The molecule has 0 spiro atoms. The van der Waals surface area contributed by atoms with Crippen LogP contribution in [0.5, 0.6) is 0 Å². The Kier molecular flexibility index (Phi) is 6.43. The lowest BCUT2D eigenvalue weighted by Gasteiger charge is -2.15. The van der Waals surface area contributed by atoms with Crippen molar-refractivity contribution in [1.29, 1.82) is 0 Å². The van der Waals surface area contributed by atoms with Crippen molar-refractivity contribution in [2.45, 2.75) is 16.7 Å². The van der Waals surface area contributed by atoms with Crippen molar-refractivity contribution in [1.82, 2.24) is 0 Å². The topological polar surface area (TPSA) is 24.1 Å². The summed E-state index contributed by atoms with van der Waals surface area (Å²) in [6.07, 6.45) is 0. The Bertz CT molecular complexity index is 927. The van der Waals surface area contributed by atoms with Crippen LogP contribution in [0, 0.1) is 6.92 Å². The highest BCUT2D eigenvalue weighted by Crippen LogP contribution is 2.34. The molecule has 0 saturated heterocycles. The molecule has 26 heavy (non-hydrogen) atoms. The molecule has 0 saturated carbocycles. The molecule has 0 heterocycles. The highest BCUT2D eigenvalue weighted by Gasteiger charge is 2.07. The van der Waals surface area contributed by atoms with E-state index in [0.29, 0.717) is 10.1 Å². The second kappa shape index (κ2) is 8.78. The first-order chi connectivity index (χ1) is 12.5. The molecule has 6 heteroatoms. The zero-order chi connectivity index (χ0) is 18.5. The minimum atomic E-state index is 0.513. The molecule has 3 aromatic rings. The highest BCUT2D eigenvalue weighted by atomic mass is 35.5. The number of aryl methyl sites for hydroxylation is 1. The van der Waals surface area contributed by atoms with Gasteiger partial charge in [0.1, 0.15) is 0 Å². The Balaban J connectivity index is 1.74. The molecule has 0 aromatic heterocycles. The maximum Gasteiger partial charge on any atom is 0.175 e. The van der Waals surface area contributed by atoms with Gasteiger partial charge in [0.05, 0.1) is 5.69 Å². The lowest BCUT2D eigenvalue weighted by Crippen LogP contribution is -2.20. The minimum Gasteiger partial charge on any atom is -0.332 e. The van der Waals surface area contributed by atoms with Gasteiger partial charge >= 0.3 is 0 Å². The van der Waals surface area contributed by atoms with Crippen LogP contribution in [-0.4, -0.2) is 5.11 Å². The van der Waals surface area contributed by atoms with Gasteiger partial charge in [0.2, 0.25) is 0 Å². The van der Waals surface area contributed by atoms with Gasteiger partial charge in [-0.05, 0) is 73.2 Å². The second-order valence-corrected chi connectivity index (χ2v) is 7.99. The fourth-order valence-corrected chi connectivity index (χ4v) is 3.71. The molecular weight excluding hydrogens is 403 g/mol. The predicted octanol–water partition coefficient (Wildman–Crippen LogP) is 7.26. The quantitative estimate of drug-likeness (QED) is 0.435. The lowest BCUT2D eigenvalue weighted by molar-refractivity contribution is 1.39. The van der Waals surface area contributed by atoms with Gasteiger partial charge in [-0.25, -0.2) is 0 Å². The Morgan fingerprint density at radius 2 is 1.50 bits per heavy atom. The van der Waals surface area contributed by atoms with E-state index in [0.717, 1.165) is 31.8 Å². The molecule has 0 fully saturated rings. The van der Waals surface area contributed by atoms with Crippen LogP contribution in [0.3, 0.4) is 0 Å². The van der Waals surface area contributed by atoms with Gasteiger partial charge in [0, 0.05) is 25.5 Å². The number of rotatable bonds is 4. The van der Waals surface area contributed by atoms with Crippen LogP contribution in [0.25, 0.3) is 0 Å².